The highest BCUT2D eigenvalue weighted by Gasteiger charge is 2.22. The Labute approximate surface area is 122 Å². The Balaban J connectivity index is 2.29. The molecule has 2 rings (SSSR count). The van der Waals surface area contributed by atoms with Crippen molar-refractivity contribution in [2.45, 2.75) is 52.6 Å². The second-order valence-corrected chi connectivity index (χ2v) is 7.33. The molecule has 0 aliphatic carbocycles. The third kappa shape index (κ3) is 3.24. The van der Waals surface area contributed by atoms with E-state index in [2.05, 4.69) is 99.7 Å². The maximum Gasteiger partial charge on any atom is 0.169 e. The molecule has 0 aliphatic heterocycles. The van der Waals surface area contributed by atoms with Crippen molar-refractivity contribution in [3.05, 3.63) is 49.1 Å². The van der Waals surface area contributed by atoms with E-state index in [1.807, 2.05) is 0 Å². The fourth-order valence-corrected chi connectivity index (χ4v) is 2.13. The predicted octanol–water partition coefficient (Wildman–Crippen LogP) is 3.44. The first-order chi connectivity index (χ1) is 9.18. The Morgan fingerprint density at radius 1 is 0.550 bits per heavy atom. The minimum atomic E-state index is 0.129. The van der Waals surface area contributed by atoms with Crippen LogP contribution in [0.5, 0.6) is 0 Å². The molecule has 0 amide bonds. The minimum Gasteiger partial charge on any atom is -0.201 e. The van der Waals surface area contributed by atoms with Gasteiger partial charge < -0.3 is 0 Å². The molecule has 0 atom stereocenters. The lowest BCUT2D eigenvalue weighted by molar-refractivity contribution is -0.754. The highest BCUT2D eigenvalue weighted by molar-refractivity contribution is 5.60. The fourth-order valence-electron chi connectivity index (χ4n) is 2.13. The van der Waals surface area contributed by atoms with Crippen LogP contribution in [0.3, 0.4) is 0 Å². The van der Waals surface area contributed by atoms with Gasteiger partial charge in [-0.2, -0.15) is 0 Å². The SMILES string of the molecule is CC(C)(C)[n+]1ccc(-c2cc[n+](C(C)(C)C)cc2)cc1. The lowest BCUT2D eigenvalue weighted by Crippen LogP contribution is -2.49. The molecular formula is C18H26N2+2. The largest absolute Gasteiger partial charge is 0.201 e. The van der Waals surface area contributed by atoms with Crippen molar-refractivity contribution in [3.8, 4) is 11.1 Å². The van der Waals surface area contributed by atoms with E-state index in [1.165, 1.54) is 11.1 Å². The monoisotopic (exact) mass is 270 g/mol. The van der Waals surface area contributed by atoms with Crippen LogP contribution in [0.4, 0.5) is 0 Å². The van der Waals surface area contributed by atoms with Crippen molar-refractivity contribution in [2.75, 3.05) is 0 Å². The van der Waals surface area contributed by atoms with Crippen LogP contribution >= 0.6 is 0 Å². The quantitative estimate of drug-likeness (QED) is 0.701. The van der Waals surface area contributed by atoms with E-state index < -0.39 is 0 Å². The zero-order valence-electron chi connectivity index (χ0n) is 13.5. The first-order valence-electron chi connectivity index (χ1n) is 7.22. The van der Waals surface area contributed by atoms with Gasteiger partial charge in [0.05, 0.1) is 0 Å². The molecule has 2 aromatic heterocycles. The molecule has 0 radical (unpaired) electrons. The topological polar surface area (TPSA) is 7.76 Å². The molecule has 0 bridgehead atoms. The van der Waals surface area contributed by atoms with E-state index in [1.54, 1.807) is 0 Å². The maximum atomic E-state index is 2.23. The molecule has 2 nitrogen and oxygen atoms in total. The number of hydrogen-bond acceptors (Lipinski definition) is 0. The normalized spacial score (nSPS) is 12.5. The molecular weight excluding hydrogens is 244 g/mol. The van der Waals surface area contributed by atoms with Crippen molar-refractivity contribution in [2.24, 2.45) is 0 Å². The molecule has 0 aromatic carbocycles. The maximum absolute atomic E-state index is 2.23. The molecule has 0 unspecified atom stereocenters. The lowest BCUT2D eigenvalue weighted by Gasteiger charge is -2.14. The molecule has 20 heavy (non-hydrogen) atoms. The van der Waals surface area contributed by atoms with Crippen LogP contribution < -0.4 is 9.13 Å². The summed E-state index contributed by atoms with van der Waals surface area (Å²) in [6.45, 7) is 13.3. The summed E-state index contributed by atoms with van der Waals surface area (Å²) in [5.74, 6) is 0. The first kappa shape index (κ1) is 14.7. The third-order valence-electron chi connectivity index (χ3n) is 3.54. The zero-order valence-corrected chi connectivity index (χ0v) is 13.5. The Morgan fingerprint density at radius 3 is 1.00 bits per heavy atom. The average molecular weight is 270 g/mol. The van der Waals surface area contributed by atoms with Crippen LogP contribution in [0.1, 0.15) is 41.5 Å². The van der Waals surface area contributed by atoms with E-state index in [-0.39, 0.29) is 11.1 Å². The summed E-state index contributed by atoms with van der Waals surface area (Å²) < 4.78 is 4.46. The summed E-state index contributed by atoms with van der Waals surface area (Å²) in [7, 11) is 0. The van der Waals surface area contributed by atoms with E-state index in [0.29, 0.717) is 0 Å². The van der Waals surface area contributed by atoms with Gasteiger partial charge >= 0.3 is 0 Å². The number of rotatable bonds is 1. The summed E-state index contributed by atoms with van der Waals surface area (Å²) in [6, 6.07) is 8.73. The molecule has 0 saturated carbocycles. The van der Waals surface area contributed by atoms with Gasteiger partial charge in [-0.1, -0.05) is 0 Å². The average Bonchev–Trinajstić information content (AvgIpc) is 2.37. The van der Waals surface area contributed by atoms with Crippen LogP contribution in [0.2, 0.25) is 0 Å². The van der Waals surface area contributed by atoms with Gasteiger partial charge in [-0.25, -0.2) is 9.13 Å². The van der Waals surface area contributed by atoms with Gasteiger partial charge in [-0.3, -0.25) is 0 Å². The molecule has 0 saturated heterocycles. The Bertz CT molecular complexity index is 511. The molecule has 2 heteroatoms. The summed E-state index contributed by atoms with van der Waals surface area (Å²) in [6.07, 6.45) is 8.61. The fraction of sp³-hybridized carbons (Fsp3) is 0.444. The Hall–Kier alpha value is -1.70. The molecule has 0 fully saturated rings. The standard InChI is InChI=1S/C18H26N2/c1-17(2,3)19-11-7-15(8-12-19)16-9-13-20(14-10-16)18(4,5)6/h7-14H,1-6H3/q+2. The first-order valence-corrected chi connectivity index (χ1v) is 7.22. The van der Waals surface area contributed by atoms with Gasteiger partial charge in [-0.15, -0.1) is 0 Å². The van der Waals surface area contributed by atoms with E-state index in [4.69, 9.17) is 0 Å². The molecule has 0 aliphatic rings. The number of hydrogen-bond donors (Lipinski definition) is 0. The molecule has 0 N–H and O–H groups in total. The second kappa shape index (κ2) is 5.01. The van der Waals surface area contributed by atoms with Gasteiger partial charge in [-0.05, 0) is 11.1 Å². The minimum absolute atomic E-state index is 0.129. The van der Waals surface area contributed by atoms with Gasteiger partial charge in [0.1, 0.15) is 0 Å². The van der Waals surface area contributed by atoms with Crippen LogP contribution in [0.15, 0.2) is 49.1 Å². The summed E-state index contributed by atoms with van der Waals surface area (Å²) >= 11 is 0. The highest BCUT2D eigenvalue weighted by atomic mass is 15.0. The van der Waals surface area contributed by atoms with Crippen molar-refractivity contribution >= 4 is 0 Å². The van der Waals surface area contributed by atoms with Crippen molar-refractivity contribution in [1.29, 1.82) is 0 Å². The third-order valence-corrected chi connectivity index (χ3v) is 3.54. The Morgan fingerprint density at radius 2 is 0.800 bits per heavy atom. The van der Waals surface area contributed by atoms with Crippen LogP contribution in [-0.4, -0.2) is 0 Å². The van der Waals surface area contributed by atoms with Gasteiger partial charge in [0.2, 0.25) is 0 Å². The Kier molecular flexibility index (Phi) is 3.68. The number of pyridine rings is 2. The van der Waals surface area contributed by atoms with E-state index in [0.717, 1.165) is 0 Å². The van der Waals surface area contributed by atoms with Crippen molar-refractivity contribution < 1.29 is 9.13 Å². The summed E-state index contributed by atoms with van der Waals surface area (Å²) in [4.78, 5) is 0. The zero-order chi connectivity index (χ0) is 15.0. The van der Waals surface area contributed by atoms with E-state index >= 15 is 0 Å². The van der Waals surface area contributed by atoms with Crippen LogP contribution in [0, 0.1) is 0 Å². The van der Waals surface area contributed by atoms with Gasteiger partial charge in [0, 0.05) is 65.8 Å². The smallest absolute Gasteiger partial charge is 0.169 e. The molecule has 106 valence electrons. The summed E-state index contributed by atoms with van der Waals surface area (Å²) in [5.41, 5.74) is 2.77. The highest BCUT2D eigenvalue weighted by Crippen LogP contribution is 2.17. The van der Waals surface area contributed by atoms with Gasteiger partial charge in [0.25, 0.3) is 0 Å². The predicted molar refractivity (Wildman–Crippen MR) is 82.3 cm³/mol. The van der Waals surface area contributed by atoms with E-state index in [9.17, 15) is 0 Å². The van der Waals surface area contributed by atoms with Gasteiger partial charge in [0.15, 0.2) is 35.9 Å². The number of aromatic nitrogens is 2. The molecule has 2 heterocycles. The van der Waals surface area contributed by atoms with Crippen molar-refractivity contribution in [3.63, 3.8) is 0 Å². The van der Waals surface area contributed by atoms with Crippen LogP contribution in [-0.2, 0) is 11.1 Å². The molecule has 0 spiro atoms. The van der Waals surface area contributed by atoms with Crippen LogP contribution in [0.25, 0.3) is 11.1 Å². The summed E-state index contributed by atoms with van der Waals surface area (Å²) in [5, 5.41) is 0. The number of nitrogens with zero attached hydrogens (tertiary/aromatic N) is 2. The second-order valence-electron chi connectivity index (χ2n) is 7.33. The lowest BCUT2D eigenvalue weighted by atomic mass is 10.0. The molecule has 2 aromatic rings. The van der Waals surface area contributed by atoms with Crippen molar-refractivity contribution in [1.82, 2.24) is 0 Å².